The van der Waals surface area contributed by atoms with Gasteiger partial charge in [0.2, 0.25) is 0 Å². The van der Waals surface area contributed by atoms with Crippen molar-refractivity contribution in [2.45, 2.75) is 38.6 Å². The first-order valence-corrected chi connectivity index (χ1v) is 8.89. The number of rotatable bonds is 3. The predicted octanol–water partition coefficient (Wildman–Crippen LogP) is 3.36. The van der Waals surface area contributed by atoms with E-state index < -0.39 is 0 Å². The standard InChI is InChI=1S/C19H23N5O/c1-13(2)18-21-8-10-24(18)14-5-4-9-23(12-14)19(25)16-11-22-17-15(16)6-3-7-20-17/h3,6-8,10-11,13-14H,4-5,9,12H2,1-2H3,(H,20,22)/t14-/m1/s1. The van der Waals surface area contributed by atoms with E-state index in [1.165, 1.54) is 0 Å². The molecule has 0 unspecified atom stereocenters. The van der Waals surface area contributed by atoms with Gasteiger partial charge < -0.3 is 14.5 Å². The molecule has 4 heterocycles. The summed E-state index contributed by atoms with van der Waals surface area (Å²) in [5.41, 5.74) is 1.47. The Labute approximate surface area is 146 Å². The van der Waals surface area contributed by atoms with Gasteiger partial charge in [0, 0.05) is 49.2 Å². The van der Waals surface area contributed by atoms with Crippen molar-refractivity contribution in [2.75, 3.05) is 13.1 Å². The molecule has 1 atom stereocenters. The summed E-state index contributed by atoms with van der Waals surface area (Å²) in [6.07, 6.45) is 9.50. The number of hydrogen-bond donors (Lipinski definition) is 1. The molecule has 3 aromatic heterocycles. The van der Waals surface area contributed by atoms with E-state index in [-0.39, 0.29) is 5.91 Å². The highest BCUT2D eigenvalue weighted by Gasteiger charge is 2.28. The smallest absolute Gasteiger partial charge is 0.256 e. The topological polar surface area (TPSA) is 66.8 Å². The number of carbonyl (C=O) groups is 1. The van der Waals surface area contributed by atoms with Gasteiger partial charge in [0.05, 0.1) is 11.6 Å². The van der Waals surface area contributed by atoms with Crippen molar-refractivity contribution >= 4 is 16.9 Å². The summed E-state index contributed by atoms with van der Waals surface area (Å²) in [4.78, 5) is 26.9. The highest BCUT2D eigenvalue weighted by molar-refractivity contribution is 6.05. The predicted molar refractivity (Wildman–Crippen MR) is 96.6 cm³/mol. The van der Waals surface area contributed by atoms with Crippen molar-refractivity contribution in [1.29, 1.82) is 0 Å². The third-order valence-corrected chi connectivity index (χ3v) is 4.97. The summed E-state index contributed by atoms with van der Waals surface area (Å²) in [7, 11) is 0. The van der Waals surface area contributed by atoms with E-state index in [0.29, 0.717) is 17.5 Å². The molecular formula is C19H23N5O. The molecule has 0 aromatic carbocycles. The van der Waals surface area contributed by atoms with Crippen LogP contribution in [0.15, 0.2) is 36.9 Å². The van der Waals surface area contributed by atoms with Gasteiger partial charge in [-0.25, -0.2) is 9.97 Å². The number of aromatic amines is 1. The van der Waals surface area contributed by atoms with E-state index in [1.807, 2.05) is 29.4 Å². The van der Waals surface area contributed by atoms with Gasteiger partial charge in [-0.1, -0.05) is 13.8 Å². The van der Waals surface area contributed by atoms with Crippen LogP contribution in [-0.2, 0) is 0 Å². The molecule has 6 nitrogen and oxygen atoms in total. The minimum atomic E-state index is 0.0789. The number of nitrogens with zero attached hydrogens (tertiary/aromatic N) is 4. The van der Waals surface area contributed by atoms with Gasteiger partial charge in [0.25, 0.3) is 5.91 Å². The van der Waals surface area contributed by atoms with Crippen LogP contribution in [0, 0.1) is 0 Å². The maximum Gasteiger partial charge on any atom is 0.256 e. The lowest BCUT2D eigenvalue weighted by Crippen LogP contribution is -2.41. The van der Waals surface area contributed by atoms with E-state index >= 15 is 0 Å². The minimum Gasteiger partial charge on any atom is -0.345 e. The fourth-order valence-corrected chi connectivity index (χ4v) is 3.75. The molecule has 1 N–H and O–H groups in total. The number of pyridine rings is 1. The SMILES string of the molecule is CC(C)c1nccn1[C@@H]1CCCN(C(=O)c2c[nH]c3ncccc23)C1. The van der Waals surface area contributed by atoms with Crippen LogP contribution in [0.2, 0.25) is 0 Å². The molecule has 130 valence electrons. The summed E-state index contributed by atoms with van der Waals surface area (Å²) in [6.45, 7) is 5.84. The summed E-state index contributed by atoms with van der Waals surface area (Å²) in [5.74, 6) is 1.55. The van der Waals surface area contributed by atoms with Crippen LogP contribution in [0.25, 0.3) is 11.0 Å². The Morgan fingerprint density at radius 3 is 3.04 bits per heavy atom. The average molecular weight is 337 g/mol. The molecule has 1 aliphatic heterocycles. The Bertz CT molecular complexity index is 894. The Hall–Kier alpha value is -2.63. The van der Waals surface area contributed by atoms with Crippen molar-refractivity contribution in [3.8, 4) is 0 Å². The number of carbonyl (C=O) groups excluding carboxylic acids is 1. The van der Waals surface area contributed by atoms with Crippen molar-refractivity contribution in [3.63, 3.8) is 0 Å². The molecule has 0 spiro atoms. The number of piperidine rings is 1. The molecule has 1 amide bonds. The average Bonchev–Trinajstić information content (AvgIpc) is 3.28. The molecule has 1 fully saturated rings. The number of likely N-dealkylation sites (tertiary alicyclic amines) is 1. The van der Waals surface area contributed by atoms with Crippen molar-refractivity contribution in [2.24, 2.45) is 0 Å². The van der Waals surface area contributed by atoms with Crippen LogP contribution >= 0.6 is 0 Å². The van der Waals surface area contributed by atoms with Crippen LogP contribution in [0.1, 0.15) is 54.8 Å². The Kier molecular flexibility index (Phi) is 4.03. The van der Waals surface area contributed by atoms with Crippen LogP contribution < -0.4 is 0 Å². The van der Waals surface area contributed by atoms with E-state index in [2.05, 4.69) is 33.4 Å². The lowest BCUT2D eigenvalue weighted by atomic mass is 10.0. The molecule has 0 radical (unpaired) electrons. The zero-order valence-electron chi connectivity index (χ0n) is 14.6. The number of nitrogens with one attached hydrogen (secondary N) is 1. The molecule has 1 aliphatic rings. The second-order valence-corrected chi connectivity index (χ2v) is 7.00. The van der Waals surface area contributed by atoms with E-state index in [1.54, 1.807) is 12.4 Å². The number of fused-ring (bicyclic) bond motifs is 1. The van der Waals surface area contributed by atoms with Gasteiger partial charge in [-0.15, -0.1) is 0 Å². The summed E-state index contributed by atoms with van der Waals surface area (Å²) < 4.78 is 2.25. The quantitative estimate of drug-likeness (QED) is 0.797. The zero-order chi connectivity index (χ0) is 17.4. The number of aromatic nitrogens is 4. The lowest BCUT2D eigenvalue weighted by molar-refractivity contribution is 0.0679. The molecular weight excluding hydrogens is 314 g/mol. The second kappa shape index (κ2) is 6.35. The molecule has 4 rings (SSSR count). The second-order valence-electron chi connectivity index (χ2n) is 7.00. The van der Waals surface area contributed by atoms with Gasteiger partial charge in [-0.3, -0.25) is 4.79 Å². The molecule has 0 aliphatic carbocycles. The maximum atomic E-state index is 13.1. The van der Waals surface area contributed by atoms with Crippen LogP contribution in [0.4, 0.5) is 0 Å². The van der Waals surface area contributed by atoms with Gasteiger partial charge in [-0.2, -0.15) is 0 Å². The fraction of sp³-hybridized carbons (Fsp3) is 0.421. The molecule has 0 bridgehead atoms. The van der Waals surface area contributed by atoms with Crippen molar-refractivity contribution in [1.82, 2.24) is 24.4 Å². The first-order valence-electron chi connectivity index (χ1n) is 8.89. The molecule has 6 heteroatoms. The van der Waals surface area contributed by atoms with Gasteiger partial charge in [0.15, 0.2) is 0 Å². The third-order valence-electron chi connectivity index (χ3n) is 4.97. The molecule has 25 heavy (non-hydrogen) atoms. The van der Waals surface area contributed by atoms with Crippen molar-refractivity contribution in [3.05, 3.63) is 48.3 Å². The summed E-state index contributed by atoms with van der Waals surface area (Å²) >= 11 is 0. The largest absolute Gasteiger partial charge is 0.345 e. The van der Waals surface area contributed by atoms with Crippen LogP contribution in [0.3, 0.4) is 0 Å². The highest BCUT2D eigenvalue weighted by atomic mass is 16.2. The summed E-state index contributed by atoms with van der Waals surface area (Å²) in [5, 5.41) is 0.889. The molecule has 1 saturated heterocycles. The first kappa shape index (κ1) is 15.9. The lowest BCUT2D eigenvalue weighted by Gasteiger charge is -2.34. The highest BCUT2D eigenvalue weighted by Crippen LogP contribution is 2.27. The number of H-pyrrole nitrogens is 1. The Morgan fingerprint density at radius 2 is 2.20 bits per heavy atom. The minimum absolute atomic E-state index is 0.0789. The van der Waals surface area contributed by atoms with Crippen LogP contribution in [-0.4, -0.2) is 43.4 Å². The summed E-state index contributed by atoms with van der Waals surface area (Å²) in [6, 6.07) is 4.10. The molecule has 3 aromatic rings. The van der Waals surface area contributed by atoms with Gasteiger partial charge in [-0.05, 0) is 25.0 Å². The zero-order valence-corrected chi connectivity index (χ0v) is 14.6. The van der Waals surface area contributed by atoms with Crippen LogP contribution in [0.5, 0.6) is 0 Å². The normalized spacial score (nSPS) is 18.2. The van der Waals surface area contributed by atoms with Crippen molar-refractivity contribution < 1.29 is 4.79 Å². The maximum absolute atomic E-state index is 13.1. The molecule has 0 saturated carbocycles. The number of imidazole rings is 1. The first-order chi connectivity index (χ1) is 12.1. The van der Waals surface area contributed by atoms with E-state index in [4.69, 9.17) is 0 Å². The fourth-order valence-electron chi connectivity index (χ4n) is 3.75. The van der Waals surface area contributed by atoms with Gasteiger partial charge >= 0.3 is 0 Å². The third kappa shape index (κ3) is 2.81. The number of hydrogen-bond acceptors (Lipinski definition) is 3. The van der Waals surface area contributed by atoms with E-state index in [9.17, 15) is 4.79 Å². The van der Waals surface area contributed by atoms with E-state index in [0.717, 1.165) is 42.8 Å². The Balaban J connectivity index is 1.59. The monoisotopic (exact) mass is 337 g/mol. The number of amides is 1. The van der Waals surface area contributed by atoms with Gasteiger partial charge in [0.1, 0.15) is 11.5 Å². The Morgan fingerprint density at radius 1 is 1.32 bits per heavy atom.